The van der Waals surface area contributed by atoms with E-state index < -0.39 is 43.1 Å². The molecule has 0 aliphatic rings. The SMILES string of the molecule is OC(C(F)(F)F)C(F)(F)F.OC(C(F)(F)F)C(F)(F)F.[B]C(O)O.[Zn].[Zn]. The van der Waals surface area contributed by atoms with Gasteiger partial charge < -0.3 is 20.4 Å². The Morgan fingerprint density at radius 2 is 0.538 bits per heavy atom. The van der Waals surface area contributed by atoms with Crippen LogP contribution in [-0.2, 0) is 39.0 Å². The van der Waals surface area contributed by atoms with E-state index in [9.17, 15) is 52.7 Å². The average molecular weight is 525 g/mol. The fourth-order valence-electron chi connectivity index (χ4n) is 0.371. The molecule has 4 nitrogen and oxygen atoms in total. The molecule has 150 valence electrons. The van der Waals surface area contributed by atoms with Crippen LogP contribution >= 0.6 is 0 Å². The quantitative estimate of drug-likeness (QED) is 0.219. The van der Waals surface area contributed by atoms with Crippen molar-refractivity contribution in [3.63, 3.8) is 0 Å². The van der Waals surface area contributed by atoms with Gasteiger partial charge in [0.15, 0.2) is 0 Å². The first-order valence-corrected chi connectivity index (χ1v) is 4.79. The number of hydrogen-bond acceptors (Lipinski definition) is 4. The van der Waals surface area contributed by atoms with E-state index in [-0.39, 0.29) is 39.0 Å². The normalized spacial score (nSPS) is 12.4. The topological polar surface area (TPSA) is 80.9 Å². The van der Waals surface area contributed by atoms with Gasteiger partial charge in [0.05, 0.1) is 0 Å². The molecule has 0 aliphatic heterocycles. The van der Waals surface area contributed by atoms with Gasteiger partial charge in [-0.15, -0.1) is 0 Å². The largest absolute Gasteiger partial charge is 0.423 e. The molecular weight excluding hydrogens is 518 g/mol. The average Bonchev–Trinajstić information content (AvgIpc) is 2.22. The van der Waals surface area contributed by atoms with Crippen molar-refractivity contribution in [2.24, 2.45) is 0 Å². The van der Waals surface area contributed by atoms with Crippen molar-refractivity contribution >= 4 is 7.85 Å². The minimum absolute atomic E-state index is 0. The van der Waals surface area contributed by atoms with Gasteiger partial charge in [-0.25, -0.2) is 0 Å². The maximum absolute atomic E-state index is 11.0. The number of alkyl halides is 12. The predicted molar refractivity (Wildman–Crippen MR) is 50.2 cm³/mol. The van der Waals surface area contributed by atoms with Gasteiger partial charge in [0, 0.05) is 39.0 Å². The van der Waals surface area contributed by atoms with Crippen LogP contribution in [0.25, 0.3) is 0 Å². The zero-order valence-corrected chi connectivity index (χ0v) is 18.0. The summed E-state index contributed by atoms with van der Waals surface area (Å²) in [5.74, 6) is 0. The van der Waals surface area contributed by atoms with Crippen LogP contribution in [0.3, 0.4) is 0 Å². The van der Waals surface area contributed by atoms with Crippen LogP contribution in [0, 0.1) is 0 Å². The van der Waals surface area contributed by atoms with E-state index in [4.69, 9.17) is 20.4 Å². The molecule has 4 N–H and O–H groups in total. The Kier molecular flexibility index (Phi) is 19.2. The molecule has 26 heavy (non-hydrogen) atoms. The first kappa shape index (κ1) is 37.1. The Morgan fingerprint density at radius 1 is 0.462 bits per heavy atom. The van der Waals surface area contributed by atoms with Crippen LogP contribution < -0.4 is 0 Å². The molecule has 0 saturated heterocycles. The molecule has 0 amide bonds. The van der Waals surface area contributed by atoms with Gasteiger partial charge >= 0.3 is 24.7 Å². The second-order valence-corrected chi connectivity index (χ2v) is 3.39. The van der Waals surface area contributed by atoms with E-state index in [1.54, 1.807) is 0 Å². The van der Waals surface area contributed by atoms with Crippen molar-refractivity contribution in [3.8, 4) is 0 Å². The Bertz CT molecular complexity index is 282. The predicted octanol–water partition coefficient (Wildman–Crippen LogP) is 1.36. The van der Waals surface area contributed by atoms with E-state index in [1.165, 1.54) is 0 Å². The summed E-state index contributed by atoms with van der Waals surface area (Å²) in [6.45, 7) is 0. The van der Waals surface area contributed by atoms with Crippen molar-refractivity contribution in [2.45, 2.75) is 43.1 Å². The number of aliphatic hydroxyl groups is 4. The van der Waals surface area contributed by atoms with Crippen LogP contribution in [0.2, 0.25) is 0 Å². The van der Waals surface area contributed by atoms with Crippen molar-refractivity contribution in [3.05, 3.63) is 0 Å². The van der Waals surface area contributed by atoms with Gasteiger partial charge in [-0.3, -0.25) is 0 Å². The summed E-state index contributed by atoms with van der Waals surface area (Å²) in [5, 5.41) is 29.7. The van der Waals surface area contributed by atoms with Crippen LogP contribution in [0.5, 0.6) is 0 Å². The maximum Gasteiger partial charge on any atom is 0.423 e. The third-order valence-corrected chi connectivity index (χ3v) is 1.24. The molecule has 0 spiro atoms. The van der Waals surface area contributed by atoms with Gasteiger partial charge in [0.25, 0.3) is 0 Å². The summed E-state index contributed by atoms with van der Waals surface area (Å²) in [5.41, 5.74) is 0. The van der Waals surface area contributed by atoms with Crippen molar-refractivity contribution in [1.82, 2.24) is 0 Å². The molecule has 0 aromatic carbocycles. The molecule has 19 heteroatoms. The molecule has 0 heterocycles. The molecule has 0 fully saturated rings. The minimum Gasteiger partial charge on any atom is -0.378 e. The molecule has 0 aliphatic carbocycles. The van der Waals surface area contributed by atoms with E-state index in [2.05, 4.69) is 7.85 Å². The Morgan fingerprint density at radius 3 is 0.538 bits per heavy atom. The molecule has 0 unspecified atom stereocenters. The molecule has 0 aromatic rings. The molecule has 0 rings (SSSR count). The first-order chi connectivity index (χ1) is 10.0. The summed E-state index contributed by atoms with van der Waals surface area (Å²) in [6.07, 6.45) is -32.6. The third-order valence-electron chi connectivity index (χ3n) is 1.24. The van der Waals surface area contributed by atoms with Gasteiger partial charge in [0.2, 0.25) is 12.2 Å². The standard InChI is InChI=1S/2C3H2F6O.CH3BO2.2Zn/c2*4-2(5,6)1(10)3(7,8)9;2-1(3)4;;/h2*1,10H;1,3-4H;;. The molecule has 0 saturated carbocycles. The zero-order valence-electron chi connectivity index (χ0n) is 12.0. The van der Waals surface area contributed by atoms with Gasteiger partial charge in [0.1, 0.15) is 14.0 Å². The molecular formula is C7H7BF12O4Zn2. The van der Waals surface area contributed by atoms with Crippen molar-refractivity contribution < 1.29 is 112 Å². The van der Waals surface area contributed by atoms with Crippen LogP contribution in [0.4, 0.5) is 52.7 Å². The van der Waals surface area contributed by atoms with Crippen LogP contribution in [0.15, 0.2) is 0 Å². The Labute approximate surface area is 163 Å². The summed E-state index contributed by atoms with van der Waals surface area (Å²) >= 11 is 0. The Balaban J connectivity index is -0.0000000883. The van der Waals surface area contributed by atoms with E-state index in [0.29, 0.717) is 0 Å². The third kappa shape index (κ3) is 22.4. The number of hydrogen-bond donors (Lipinski definition) is 4. The summed E-state index contributed by atoms with van der Waals surface area (Å²) in [6, 6.07) is 0. The fraction of sp³-hybridized carbons (Fsp3) is 1.00. The molecule has 0 atom stereocenters. The summed E-state index contributed by atoms with van der Waals surface area (Å²) < 4.78 is 132. The minimum atomic E-state index is -5.63. The van der Waals surface area contributed by atoms with E-state index >= 15 is 0 Å². The van der Waals surface area contributed by atoms with E-state index in [1.807, 2.05) is 0 Å². The summed E-state index contributed by atoms with van der Waals surface area (Å²) in [4.78, 5) is 0. The smallest absolute Gasteiger partial charge is 0.378 e. The number of aliphatic hydroxyl groups excluding tert-OH is 3. The molecule has 0 bridgehead atoms. The van der Waals surface area contributed by atoms with Crippen molar-refractivity contribution in [1.29, 1.82) is 0 Å². The van der Waals surface area contributed by atoms with Crippen LogP contribution in [0.1, 0.15) is 0 Å². The maximum atomic E-state index is 11.0. The van der Waals surface area contributed by atoms with Gasteiger partial charge in [-0.1, -0.05) is 0 Å². The zero-order chi connectivity index (χ0) is 20.7. The Hall–Kier alpha value is 0.312. The number of halogens is 12. The second-order valence-electron chi connectivity index (χ2n) is 3.39. The fourth-order valence-corrected chi connectivity index (χ4v) is 0.371. The number of rotatable bonds is 0. The summed E-state index contributed by atoms with van der Waals surface area (Å²) in [7, 11) is 4.22. The monoisotopic (exact) mass is 522 g/mol. The van der Waals surface area contributed by atoms with Gasteiger partial charge in [-0.05, 0) is 0 Å². The van der Waals surface area contributed by atoms with Crippen molar-refractivity contribution in [2.75, 3.05) is 0 Å². The first-order valence-electron chi connectivity index (χ1n) is 4.79. The second kappa shape index (κ2) is 13.5. The van der Waals surface area contributed by atoms with Gasteiger partial charge in [-0.2, -0.15) is 52.7 Å². The molecule has 0 aromatic heterocycles. The van der Waals surface area contributed by atoms with E-state index in [0.717, 1.165) is 0 Å². The van der Waals surface area contributed by atoms with Crippen LogP contribution in [-0.4, -0.2) is 71.4 Å². The molecule has 2 radical (unpaired) electrons.